The number of aliphatic hydroxyl groups is 5. The van der Waals surface area contributed by atoms with Crippen molar-refractivity contribution < 1.29 is 44.4 Å². The van der Waals surface area contributed by atoms with Gasteiger partial charge < -0.3 is 41.1 Å². The molecular weight excluding hydrogens is 345 g/mol. The van der Waals surface area contributed by atoms with E-state index in [0.29, 0.717) is 5.56 Å². The van der Waals surface area contributed by atoms with Crippen LogP contribution in [0.3, 0.4) is 0 Å². The summed E-state index contributed by atoms with van der Waals surface area (Å²) in [6.45, 7) is 1.95. The van der Waals surface area contributed by atoms with Crippen molar-refractivity contribution in [1.82, 2.24) is 0 Å². The van der Waals surface area contributed by atoms with Gasteiger partial charge in [-0.3, -0.25) is 0 Å². The number of hydrogen-bond acceptors (Lipinski definition) is 8. The van der Waals surface area contributed by atoms with Gasteiger partial charge in [-0.15, -0.1) is 0 Å². The van der Waals surface area contributed by atoms with Crippen LogP contribution >= 0.6 is 7.82 Å². The highest BCUT2D eigenvalue weighted by atomic mass is 31.2. The molecule has 1 unspecified atom stereocenters. The number of rotatable bonds is 8. The van der Waals surface area contributed by atoms with Crippen molar-refractivity contribution in [2.45, 2.75) is 43.7 Å². The van der Waals surface area contributed by atoms with Gasteiger partial charge in [0.2, 0.25) is 0 Å². The van der Waals surface area contributed by atoms with Crippen LogP contribution in [0.1, 0.15) is 24.5 Å². The highest BCUT2D eigenvalue weighted by molar-refractivity contribution is 7.46. The number of benzene rings is 1. The molecule has 10 nitrogen and oxygen atoms in total. The number of aryl methyl sites for hydroxylation is 2. The van der Waals surface area contributed by atoms with Crippen molar-refractivity contribution >= 4 is 7.82 Å². The van der Waals surface area contributed by atoms with E-state index in [9.17, 15) is 30.1 Å². The summed E-state index contributed by atoms with van der Waals surface area (Å²) in [7, 11) is -5.47. The third-order valence-corrected chi connectivity index (χ3v) is 4.16. The fourth-order valence-corrected chi connectivity index (χ4v) is 2.57. The third kappa shape index (κ3) is 5.04. The van der Waals surface area contributed by atoms with Crippen molar-refractivity contribution in [2.75, 3.05) is 0 Å². The fraction of sp³-hybridized carbons (Fsp3) is 0.538. The zero-order valence-corrected chi connectivity index (χ0v) is 13.8. The molecule has 11 heteroatoms. The minimum absolute atomic E-state index is 0.0860. The second kappa shape index (κ2) is 7.14. The van der Waals surface area contributed by atoms with Crippen LogP contribution in [-0.4, -0.2) is 52.8 Å². The normalized spacial score (nSPS) is 16.0. The van der Waals surface area contributed by atoms with Gasteiger partial charge in [-0.1, -0.05) is 31.2 Å². The molecule has 1 aromatic carbocycles. The van der Waals surface area contributed by atoms with Crippen molar-refractivity contribution in [3.63, 3.8) is 0 Å². The molecule has 0 aliphatic heterocycles. The number of nitrogens with two attached hydrogens (primary N) is 1. The first-order chi connectivity index (χ1) is 10.7. The monoisotopic (exact) mass is 367 g/mol. The summed E-state index contributed by atoms with van der Waals surface area (Å²) in [5.41, 5.74) is 3.92. The molecule has 0 radical (unpaired) electrons. The second-order valence-electron chi connectivity index (χ2n) is 5.47. The summed E-state index contributed by atoms with van der Waals surface area (Å²) in [5.74, 6) is -7.84. The van der Waals surface area contributed by atoms with Gasteiger partial charge in [0.1, 0.15) is 0 Å². The molecule has 1 atom stereocenters. The average Bonchev–Trinajstić information content (AvgIpc) is 2.41. The number of hydrogen-bond donors (Lipinski definition) is 8. The number of phosphoric acid groups is 1. The molecule has 9 N–H and O–H groups in total. The molecular formula is C13H22NO9P. The molecule has 0 spiro atoms. The predicted octanol–water partition coefficient (Wildman–Crippen LogP) is -1.74. The molecule has 24 heavy (non-hydrogen) atoms. The Morgan fingerprint density at radius 3 is 1.88 bits per heavy atom. The summed E-state index contributed by atoms with van der Waals surface area (Å²) >= 11 is 0. The molecule has 0 aliphatic carbocycles. The Kier molecular flexibility index (Phi) is 6.29. The Balaban J connectivity index is 3.05. The number of phosphoric ester groups is 1. The quantitative estimate of drug-likeness (QED) is 0.193. The van der Waals surface area contributed by atoms with E-state index in [0.717, 1.165) is 12.0 Å². The van der Waals surface area contributed by atoms with E-state index in [1.165, 1.54) is 0 Å². The van der Waals surface area contributed by atoms with Crippen molar-refractivity contribution in [2.24, 2.45) is 5.73 Å². The molecule has 1 aromatic rings. The largest absolute Gasteiger partial charge is 0.474 e. The van der Waals surface area contributed by atoms with E-state index in [4.69, 9.17) is 15.5 Å². The van der Waals surface area contributed by atoms with Crippen molar-refractivity contribution in [3.05, 3.63) is 35.4 Å². The molecule has 0 fully saturated rings. The molecule has 0 amide bonds. The van der Waals surface area contributed by atoms with Crippen LogP contribution in [0.15, 0.2) is 24.3 Å². The maximum Gasteiger partial charge on any atom is 0.474 e. The van der Waals surface area contributed by atoms with Crippen LogP contribution in [0, 0.1) is 0 Å². The molecule has 0 saturated heterocycles. The summed E-state index contributed by atoms with van der Waals surface area (Å²) in [6, 6.07) is 6.92. The Hall–Kier alpha value is -0.910. The molecule has 0 heterocycles. The van der Waals surface area contributed by atoms with Gasteiger partial charge in [-0.25, -0.2) is 9.09 Å². The zero-order chi connectivity index (χ0) is 18.8. The Bertz CT molecular complexity index is 592. The Morgan fingerprint density at radius 2 is 1.50 bits per heavy atom. The van der Waals surface area contributed by atoms with E-state index in [-0.39, 0.29) is 6.42 Å². The van der Waals surface area contributed by atoms with E-state index < -0.39 is 31.7 Å². The van der Waals surface area contributed by atoms with E-state index in [2.05, 4.69) is 4.52 Å². The maximum absolute atomic E-state index is 10.8. The smallest absolute Gasteiger partial charge is 0.342 e. The summed E-state index contributed by atoms with van der Waals surface area (Å²) in [4.78, 5) is 17.4. The second-order valence-corrected chi connectivity index (χ2v) is 6.63. The lowest BCUT2D eigenvalue weighted by Gasteiger charge is -2.43. The van der Waals surface area contributed by atoms with Crippen LogP contribution in [0.5, 0.6) is 0 Å². The molecule has 138 valence electrons. The standard InChI is InChI=1S/C13H22NO9P/c1-2-9-3-5-10(6-4-9)7-8-11(14,12(15,16)17)13(18,19)23-24(20,21)22/h3-6,15-19H,2,7-8,14H2,1H3,(H2,20,21,22). The third-order valence-electron chi connectivity index (χ3n) is 3.67. The zero-order valence-electron chi connectivity index (χ0n) is 12.9. The first-order valence-corrected chi connectivity index (χ1v) is 8.50. The maximum atomic E-state index is 10.8. The molecule has 0 aromatic heterocycles. The van der Waals surface area contributed by atoms with Crippen molar-refractivity contribution in [1.29, 1.82) is 0 Å². The molecule has 1 rings (SSSR count). The lowest BCUT2D eigenvalue weighted by atomic mass is 9.87. The predicted molar refractivity (Wildman–Crippen MR) is 80.7 cm³/mol. The van der Waals surface area contributed by atoms with E-state index >= 15 is 0 Å². The van der Waals surface area contributed by atoms with Crippen molar-refractivity contribution in [3.8, 4) is 0 Å². The summed E-state index contributed by atoms with van der Waals surface area (Å²) < 4.78 is 14.5. The summed E-state index contributed by atoms with van der Waals surface area (Å²) in [5, 5.41) is 47.5. The SMILES string of the molecule is CCc1ccc(CCC(N)(C(O)(O)O)C(O)(O)OP(=O)(O)O)cc1. The Labute approximate surface area is 138 Å². The van der Waals surface area contributed by atoms with Gasteiger partial charge in [0.05, 0.1) is 0 Å². The van der Waals surface area contributed by atoms with Crippen LogP contribution in [0.2, 0.25) is 0 Å². The van der Waals surface area contributed by atoms with Gasteiger partial charge in [0.15, 0.2) is 5.54 Å². The van der Waals surface area contributed by atoms with Crippen LogP contribution < -0.4 is 5.73 Å². The van der Waals surface area contributed by atoms with Gasteiger partial charge in [-0.05, 0) is 30.4 Å². The summed E-state index contributed by atoms with van der Waals surface area (Å²) in [6.07, 6.45) is 0.00688. The lowest BCUT2D eigenvalue weighted by Crippen LogP contribution is -2.74. The van der Waals surface area contributed by atoms with Crippen LogP contribution in [0.4, 0.5) is 0 Å². The minimum atomic E-state index is -5.47. The molecule has 0 aliphatic rings. The Morgan fingerprint density at radius 1 is 1.04 bits per heavy atom. The van der Waals surface area contributed by atoms with Gasteiger partial charge in [0, 0.05) is 0 Å². The average molecular weight is 367 g/mol. The van der Waals surface area contributed by atoms with Gasteiger partial charge in [-0.2, -0.15) is 0 Å². The molecule has 0 bridgehead atoms. The van der Waals surface area contributed by atoms with E-state index in [1.807, 2.05) is 6.92 Å². The minimum Gasteiger partial charge on any atom is -0.342 e. The fourth-order valence-electron chi connectivity index (χ4n) is 2.08. The van der Waals surface area contributed by atoms with Crippen LogP contribution in [0.25, 0.3) is 0 Å². The first-order valence-electron chi connectivity index (χ1n) is 6.97. The highest BCUT2D eigenvalue weighted by Gasteiger charge is 2.63. The van der Waals surface area contributed by atoms with Gasteiger partial charge >= 0.3 is 19.8 Å². The first kappa shape index (κ1) is 21.1. The highest BCUT2D eigenvalue weighted by Crippen LogP contribution is 2.45. The topological polar surface area (TPSA) is 194 Å². The van der Waals surface area contributed by atoms with Gasteiger partial charge in [0.25, 0.3) is 0 Å². The molecule has 0 saturated carbocycles. The van der Waals surface area contributed by atoms with E-state index in [1.54, 1.807) is 24.3 Å². The van der Waals surface area contributed by atoms with Crippen LogP contribution in [-0.2, 0) is 21.9 Å². The lowest BCUT2D eigenvalue weighted by molar-refractivity contribution is -0.441.